The standard InChI is InChI=1S/C23H30N2O2/c1-17-11-12-24-15-19(17)13-21(26)25(16-18-9-7-6-8-10-18)20-14-22(2,3)27-23(20,4)5/h6-12,15,20H,13-14,16H2,1-5H3/t20-/m0/s1. The maximum absolute atomic E-state index is 13.4. The SMILES string of the molecule is Cc1ccncc1CC(=O)N(Cc1ccccc1)[C@H]1CC(C)(C)OC1(C)C. The average Bonchev–Trinajstić information content (AvgIpc) is 2.82. The van der Waals surface area contributed by atoms with E-state index in [1.54, 1.807) is 12.4 Å². The molecule has 0 N–H and O–H groups in total. The van der Waals surface area contributed by atoms with Crippen molar-refractivity contribution in [3.05, 3.63) is 65.5 Å². The van der Waals surface area contributed by atoms with Gasteiger partial charge in [0.05, 0.1) is 23.7 Å². The first-order chi connectivity index (χ1) is 12.7. The van der Waals surface area contributed by atoms with Crippen LogP contribution in [0.2, 0.25) is 0 Å². The Balaban J connectivity index is 1.90. The molecule has 144 valence electrons. The molecule has 0 bridgehead atoms. The molecule has 27 heavy (non-hydrogen) atoms. The van der Waals surface area contributed by atoms with Gasteiger partial charge in [0.15, 0.2) is 0 Å². The van der Waals surface area contributed by atoms with Crippen LogP contribution in [0.5, 0.6) is 0 Å². The summed E-state index contributed by atoms with van der Waals surface area (Å²) in [5.41, 5.74) is 2.58. The van der Waals surface area contributed by atoms with E-state index >= 15 is 0 Å². The maximum Gasteiger partial charge on any atom is 0.227 e. The van der Waals surface area contributed by atoms with E-state index in [1.807, 2.05) is 36.1 Å². The summed E-state index contributed by atoms with van der Waals surface area (Å²) in [6.07, 6.45) is 4.75. The van der Waals surface area contributed by atoms with E-state index in [0.717, 1.165) is 23.1 Å². The maximum atomic E-state index is 13.4. The van der Waals surface area contributed by atoms with Crippen LogP contribution in [0.3, 0.4) is 0 Å². The predicted octanol–water partition coefficient (Wildman–Crippen LogP) is 4.31. The quantitative estimate of drug-likeness (QED) is 0.792. The number of aryl methyl sites for hydroxylation is 1. The fourth-order valence-electron chi connectivity index (χ4n) is 4.12. The lowest BCUT2D eigenvalue weighted by Crippen LogP contribution is -2.49. The van der Waals surface area contributed by atoms with Gasteiger partial charge < -0.3 is 9.64 Å². The number of hydrogen-bond acceptors (Lipinski definition) is 3. The van der Waals surface area contributed by atoms with Crippen LogP contribution < -0.4 is 0 Å². The molecule has 1 saturated heterocycles. The highest BCUT2D eigenvalue weighted by atomic mass is 16.5. The van der Waals surface area contributed by atoms with Crippen LogP contribution in [0.25, 0.3) is 0 Å². The monoisotopic (exact) mass is 366 g/mol. The number of nitrogens with zero attached hydrogens (tertiary/aromatic N) is 2. The van der Waals surface area contributed by atoms with Crippen LogP contribution >= 0.6 is 0 Å². The summed E-state index contributed by atoms with van der Waals surface area (Å²) in [4.78, 5) is 19.6. The van der Waals surface area contributed by atoms with Crippen molar-refractivity contribution in [1.29, 1.82) is 0 Å². The van der Waals surface area contributed by atoms with Crippen LogP contribution in [0, 0.1) is 6.92 Å². The van der Waals surface area contributed by atoms with E-state index in [1.165, 1.54) is 0 Å². The van der Waals surface area contributed by atoms with Crippen molar-refractivity contribution in [3.63, 3.8) is 0 Å². The van der Waals surface area contributed by atoms with Crippen LogP contribution in [0.4, 0.5) is 0 Å². The summed E-state index contributed by atoms with van der Waals surface area (Å²) in [5.74, 6) is 0.120. The number of amides is 1. The molecule has 1 aliphatic heterocycles. The first-order valence-electron chi connectivity index (χ1n) is 9.61. The summed E-state index contributed by atoms with van der Waals surface area (Å²) in [7, 11) is 0. The molecule has 1 aromatic carbocycles. The minimum atomic E-state index is -0.391. The smallest absolute Gasteiger partial charge is 0.227 e. The fraction of sp³-hybridized carbons (Fsp3) is 0.478. The van der Waals surface area contributed by atoms with Crippen LogP contribution in [-0.2, 0) is 22.5 Å². The number of carbonyl (C=O) groups is 1. The van der Waals surface area contributed by atoms with Gasteiger partial charge in [-0.15, -0.1) is 0 Å². The molecule has 4 nitrogen and oxygen atoms in total. The lowest BCUT2D eigenvalue weighted by Gasteiger charge is -2.36. The molecule has 0 saturated carbocycles. The van der Waals surface area contributed by atoms with Crippen molar-refractivity contribution in [2.24, 2.45) is 0 Å². The Bertz CT molecular complexity index is 799. The third-order valence-corrected chi connectivity index (χ3v) is 5.41. The summed E-state index contributed by atoms with van der Waals surface area (Å²) < 4.78 is 6.29. The van der Waals surface area contributed by atoms with Gasteiger partial charge in [-0.25, -0.2) is 0 Å². The van der Waals surface area contributed by atoms with E-state index in [2.05, 4.69) is 44.8 Å². The number of aromatic nitrogens is 1. The second-order valence-corrected chi connectivity index (χ2v) is 8.67. The average molecular weight is 367 g/mol. The molecular formula is C23H30N2O2. The third-order valence-electron chi connectivity index (χ3n) is 5.41. The Kier molecular flexibility index (Phi) is 5.38. The number of benzene rings is 1. The highest BCUT2D eigenvalue weighted by molar-refractivity contribution is 5.79. The number of ether oxygens (including phenoxy) is 1. The normalized spacial score (nSPS) is 20.4. The summed E-state index contributed by atoms with van der Waals surface area (Å²) in [6.45, 7) is 11.0. The molecule has 4 heteroatoms. The molecule has 1 amide bonds. The number of rotatable bonds is 5. The van der Waals surface area contributed by atoms with Gasteiger partial charge >= 0.3 is 0 Å². The zero-order chi connectivity index (χ0) is 19.7. The number of hydrogen-bond donors (Lipinski definition) is 0. The summed E-state index contributed by atoms with van der Waals surface area (Å²) in [5, 5.41) is 0. The van der Waals surface area contributed by atoms with Crippen molar-refractivity contribution in [2.75, 3.05) is 0 Å². The first kappa shape index (κ1) is 19.6. The molecule has 0 radical (unpaired) electrons. The molecule has 1 aromatic heterocycles. The van der Waals surface area contributed by atoms with Crippen molar-refractivity contribution >= 4 is 5.91 Å². The first-order valence-corrected chi connectivity index (χ1v) is 9.61. The Hall–Kier alpha value is -2.20. The van der Waals surface area contributed by atoms with Crippen molar-refractivity contribution in [3.8, 4) is 0 Å². The molecule has 1 atom stereocenters. The van der Waals surface area contributed by atoms with E-state index in [4.69, 9.17) is 4.74 Å². The molecule has 1 aliphatic rings. The Morgan fingerprint density at radius 1 is 1.19 bits per heavy atom. The van der Waals surface area contributed by atoms with Gasteiger partial charge in [0.25, 0.3) is 0 Å². The molecule has 3 rings (SSSR count). The molecule has 1 fully saturated rings. The van der Waals surface area contributed by atoms with Gasteiger partial charge in [-0.2, -0.15) is 0 Å². The van der Waals surface area contributed by atoms with Gasteiger partial charge in [-0.3, -0.25) is 9.78 Å². The largest absolute Gasteiger partial charge is 0.367 e. The second kappa shape index (κ2) is 7.43. The molecule has 2 aromatic rings. The van der Waals surface area contributed by atoms with E-state index in [0.29, 0.717) is 13.0 Å². The fourth-order valence-corrected chi connectivity index (χ4v) is 4.12. The van der Waals surface area contributed by atoms with Gasteiger partial charge in [0.2, 0.25) is 5.91 Å². The molecule has 0 unspecified atom stereocenters. The summed E-state index contributed by atoms with van der Waals surface area (Å²) in [6, 6.07) is 12.2. The molecule has 0 spiro atoms. The van der Waals surface area contributed by atoms with Crippen LogP contribution in [0.1, 0.15) is 50.8 Å². The summed E-state index contributed by atoms with van der Waals surface area (Å²) >= 11 is 0. The van der Waals surface area contributed by atoms with E-state index < -0.39 is 5.60 Å². The van der Waals surface area contributed by atoms with E-state index in [9.17, 15) is 4.79 Å². The highest BCUT2D eigenvalue weighted by Gasteiger charge is 2.49. The van der Waals surface area contributed by atoms with Crippen LogP contribution in [0.15, 0.2) is 48.8 Å². The van der Waals surface area contributed by atoms with Gasteiger partial charge in [-0.1, -0.05) is 30.3 Å². The molecule has 2 heterocycles. The van der Waals surface area contributed by atoms with Gasteiger partial charge in [0, 0.05) is 18.9 Å². The minimum absolute atomic E-state index is 0.0252. The third kappa shape index (κ3) is 4.56. The molecular weight excluding hydrogens is 336 g/mol. The predicted molar refractivity (Wildman–Crippen MR) is 107 cm³/mol. The van der Waals surface area contributed by atoms with E-state index in [-0.39, 0.29) is 17.6 Å². The Labute approximate surface area is 162 Å². The topological polar surface area (TPSA) is 42.4 Å². The Morgan fingerprint density at radius 3 is 2.48 bits per heavy atom. The van der Waals surface area contributed by atoms with Crippen molar-refractivity contribution < 1.29 is 9.53 Å². The zero-order valence-corrected chi connectivity index (χ0v) is 17.0. The van der Waals surface area contributed by atoms with Gasteiger partial charge in [0.1, 0.15) is 0 Å². The lowest BCUT2D eigenvalue weighted by molar-refractivity contribution is -0.138. The minimum Gasteiger partial charge on any atom is -0.367 e. The number of carbonyl (C=O) groups excluding carboxylic acids is 1. The second-order valence-electron chi connectivity index (χ2n) is 8.67. The van der Waals surface area contributed by atoms with Crippen molar-refractivity contribution in [2.45, 2.75) is 71.2 Å². The zero-order valence-electron chi connectivity index (χ0n) is 17.0. The van der Waals surface area contributed by atoms with Crippen molar-refractivity contribution in [1.82, 2.24) is 9.88 Å². The number of pyridine rings is 1. The highest BCUT2D eigenvalue weighted by Crippen LogP contribution is 2.40. The molecule has 0 aliphatic carbocycles. The van der Waals surface area contributed by atoms with Crippen LogP contribution in [-0.4, -0.2) is 33.0 Å². The lowest BCUT2D eigenvalue weighted by atomic mass is 9.92. The van der Waals surface area contributed by atoms with Gasteiger partial charge in [-0.05, 0) is 63.8 Å². The Morgan fingerprint density at radius 2 is 1.89 bits per heavy atom.